The Morgan fingerprint density at radius 3 is 2.71 bits per heavy atom. The summed E-state index contributed by atoms with van der Waals surface area (Å²) < 4.78 is 18.4. The quantitative estimate of drug-likeness (QED) is 0.919. The van der Waals surface area contributed by atoms with Crippen molar-refractivity contribution in [2.24, 2.45) is 0 Å². The van der Waals surface area contributed by atoms with Crippen LogP contribution in [0.5, 0.6) is 0 Å². The van der Waals surface area contributed by atoms with Gasteiger partial charge in [0, 0.05) is 13.3 Å². The number of nitrogens with zero attached hydrogens (tertiary/aromatic N) is 2. The maximum Gasteiger partial charge on any atom is 0.223 e. The third-order valence-electron chi connectivity index (χ3n) is 3.12. The maximum absolute atomic E-state index is 13.5. The van der Waals surface area contributed by atoms with Gasteiger partial charge in [0.2, 0.25) is 11.8 Å². The monoisotopic (exact) mass is 291 g/mol. The van der Waals surface area contributed by atoms with Gasteiger partial charge in [0.25, 0.3) is 0 Å². The highest BCUT2D eigenvalue weighted by Crippen LogP contribution is 2.17. The van der Waals surface area contributed by atoms with Gasteiger partial charge in [-0.25, -0.2) is 4.39 Å². The third-order valence-corrected chi connectivity index (χ3v) is 3.12. The maximum atomic E-state index is 13.5. The van der Waals surface area contributed by atoms with Crippen LogP contribution in [0.15, 0.2) is 28.8 Å². The van der Waals surface area contributed by atoms with Crippen LogP contribution in [0.3, 0.4) is 0 Å². The first-order valence-electron chi connectivity index (χ1n) is 6.74. The zero-order valence-corrected chi connectivity index (χ0v) is 12.3. The molecule has 0 atom stereocenters. The van der Waals surface area contributed by atoms with Gasteiger partial charge in [0.15, 0.2) is 5.82 Å². The fraction of sp³-hybridized carbons (Fsp3) is 0.400. The van der Waals surface area contributed by atoms with E-state index in [1.54, 1.807) is 39.0 Å². The molecule has 5 nitrogen and oxygen atoms in total. The molecular weight excluding hydrogens is 273 g/mol. The number of nitrogens with one attached hydrogen (secondary N) is 1. The lowest BCUT2D eigenvalue weighted by Crippen LogP contribution is -2.42. The summed E-state index contributed by atoms with van der Waals surface area (Å²) in [5.74, 6) is 0.377. The van der Waals surface area contributed by atoms with E-state index in [1.807, 2.05) is 0 Å². The van der Waals surface area contributed by atoms with Gasteiger partial charge in [0.1, 0.15) is 5.82 Å². The van der Waals surface area contributed by atoms with E-state index in [2.05, 4.69) is 15.5 Å². The molecule has 0 aliphatic rings. The minimum Gasteiger partial charge on any atom is -0.344 e. The van der Waals surface area contributed by atoms with Crippen LogP contribution in [0.1, 0.15) is 37.5 Å². The highest BCUT2D eigenvalue weighted by molar-refractivity contribution is 5.77. The average molecular weight is 291 g/mol. The first-order valence-corrected chi connectivity index (χ1v) is 6.74. The molecule has 0 bridgehead atoms. The fourth-order valence-corrected chi connectivity index (χ4v) is 1.97. The molecule has 0 saturated carbocycles. The van der Waals surface area contributed by atoms with E-state index in [0.29, 0.717) is 23.7 Å². The van der Waals surface area contributed by atoms with Crippen LogP contribution in [0.25, 0.3) is 0 Å². The van der Waals surface area contributed by atoms with Gasteiger partial charge in [-0.15, -0.1) is 0 Å². The van der Waals surface area contributed by atoms with Crippen molar-refractivity contribution in [3.63, 3.8) is 0 Å². The smallest absolute Gasteiger partial charge is 0.223 e. The molecule has 112 valence electrons. The zero-order chi connectivity index (χ0) is 15.5. The lowest BCUT2D eigenvalue weighted by atomic mass is 10.0. The van der Waals surface area contributed by atoms with Crippen LogP contribution in [0.2, 0.25) is 0 Å². The molecule has 0 spiro atoms. The van der Waals surface area contributed by atoms with E-state index in [-0.39, 0.29) is 18.1 Å². The summed E-state index contributed by atoms with van der Waals surface area (Å²) in [6, 6.07) is 6.44. The van der Waals surface area contributed by atoms with Crippen molar-refractivity contribution in [1.82, 2.24) is 15.5 Å². The largest absolute Gasteiger partial charge is 0.344 e. The molecule has 0 radical (unpaired) electrons. The number of hydrogen-bond donors (Lipinski definition) is 1. The van der Waals surface area contributed by atoms with Gasteiger partial charge in [0.05, 0.1) is 5.54 Å². The molecule has 21 heavy (non-hydrogen) atoms. The molecule has 0 aliphatic carbocycles. The van der Waals surface area contributed by atoms with E-state index in [0.717, 1.165) is 0 Å². The Labute approximate surface area is 122 Å². The van der Waals surface area contributed by atoms with Crippen LogP contribution in [-0.4, -0.2) is 16.0 Å². The molecular formula is C15H18FN3O2. The topological polar surface area (TPSA) is 68.0 Å². The van der Waals surface area contributed by atoms with Crippen molar-refractivity contribution in [3.05, 3.63) is 47.4 Å². The first kappa shape index (κ1) is 15.2. The number of carbonyl (C=O) groups is 1. The van der Waals surface area contributed by atoms with Crippen LogP contribution in [0, 0.1) is 12.7 Å². The predicted molar refractivity (Wildman–Crippen MR) is 74.9 cm³/mol. The Bertz CT molecular complexity index is 637. The molecule has 2 aromatic rings. The van der Waals surface area contributed by atoms with Crippen molar-refractivity contribution in [3.8, 4) is 0 Å². The molecule has 0 aliphatic heterocycles. The molecule has 2 rings (SSSR count). The number of aromatic nitrogens is 2. The van der Waals surface area contributed by atoms with Crippen molar-refractivity contribution in [2.45, 2.75) is 39.2 Å². The highest BCUT2D eigenvalue weighted by atomic mass is 19.1. The van der Waals surface area contributed by atoms with Gasteiger partial charge in [-0.3, -0.25) is 4.79 Å². The minimum absolute atomic E-state index is 0.189. The average Bonchev–Trinajstić information content (AvgIpc) is 2.85. The Morgan fingerprint density at radius 1 is 1.38 bits per heavy atom. The number of amides is 1. The van der Waals surface area contributed by atoms with Crippen LogP contribution in [0.4, 0.5) is 4.39 Å². The van der Waals surface area contributed by atoms with E-state index >= 15 is 0 Å². The summed E-state index contributed by atoms with van der Waals surface area (Å²) in [7, 11) is 0. The summed E-state index contributed by atoms with van der Waals surface area (Å²) in [6.45, 7) is 5.27. The number of carbonyl (C=O) groups excluding carboxylic acids is 1. The molecule has 1 heterocycles. The number of benzene rings is 1. The molecule has 1 amide bonds. The second kappa shape index (κ2) is 6.03. The zero-order valence-electron chi connectivity index (χ0n) is 12.3. The number of hydrogen-bond acceptors (Lipinski definition) is 4. The van der Waals surface area contributed by atoms with Crippen LogP contribution < -0.4 is 5.32 Å². The fourth-order valence-electron chi connectivity index (χ4n) is 1.97. The van der Waals surface area contributed by atoms with Crippen LogP contribution in [-0.2, 0) is 16.8 Å². The lowest BCUT2D eigenvalue weighted by Gasteiger charge is -2.22. The molecule has 1 aromatic heterocycles. The Morgan fingerprint density at radius 2 is 2.10 bits per heavy atom. The molecule has 1 aromatic carbocycles. The summed E-state index contributed by atoms with van der Waals surface area (Å²) in [6.07, 6.45) is 0.543. The SMILES string of the molecule is Cc1nc(C(C)(C)NC(=O)CCc2ccccc2F)no1. The Balaban J connectivity index is 1.94. The minimum atomic E-state index is -0.732. The first-order chi connectivity index (χ1) is 9.88. The van der Waals surface area contributed by atoms with E-state index in [1.165, 1.54) is 6.07 Å². The lowest BCUT2D eigenvalue weighted by molar-refractivity contribution is -0.122. The number of rotatable bonds is 5. The van der Waals surface area contributed by atoms with Gasteiger partial charge >= 0.3 is 0 Å². The summed E-state index contributed by atoms with van der Waals surface area (Å²) in [5.41, 5.74) is -0.203. The second-order valence-corrected chi connectivity index (χ2v) is 5.40. The van der Waals surface area contributed by atoms with Crippen molar-refractivity contribution < 1.29 is 13.7 Å². The molecule has 6 heteroatoms. The Kier molecular flexibility index (Phi) is 4.35. The summed E-state index contributed by atoms with van der Waals surface area (Å²) in [4.78, 5) is 16.1. The van der Waals surface area contributed by atoms with Gasteiger partial charge in [-0.1, -0.05) is 23.4 Å². The van der Waals surface area contributed by atoms with E-state index in [9.17, 15) is 9.18 Å². The molecule has 0 saturated heterocycles. The summed E-state index contributed by atoms with van der Waals surface area (Å²) >= 11 is 0. The van der Waals surface area contributed by atoms with Gasteiger partial charge in [-0.05, 0) is 31.9 Å². The van der Waals surface area contributed by atoms with Crippen molar-refractivity contribution in [1.29, 1.82) is 0 Å². The van der Waals surface area contributed by atoms with E-state index in [4.69, 9.17) is 4.52 Å². The normalized spacial score (nSPS) is 11.4. The highest BCUT2D eigenvalue weighted by Gasteiger charge is 2.28. The Hall–Kier alpha value is -2.24. The number of halogens is 1. The standard InChI is InChI=1S/C15H18FN3O2/c1-10-17-14(19-21-10)15(2,3)18-13(20)9-8-11-6-4-5-7-12(11)16/h4-7H,8-9H2,1-3H3,(H,18,20). The summed E-state index contributed by atoms with van der Waals surface area (Å²) in [5, 5.41) is 6.64. The second-order valence-electron chi connectivity index (χ2n) is 5.40. The third kappa shape index (κ3) is 3.87. The molecule has 0 fully saturated rings. The predicted octanol–water partition coefficient (Wildman–Crippen LogP) is 2.50. The van der Waals surface area contributed by atoms with E-state index < -0.39 is 5.54 Å². The molecule has 1 N–H and O–H groups in total. The van der Waals surface area contributed by atoms with Crippen molar-refractivity contribution in [2.75, 3.05) is 0 Å². The van der Waals surface area contributed by atoms with Crippen LogP contribution >= 0.6 is 0 Å². The number of aryl methyl sites for hydroxylation is 2. The van der Waals surface area contributed by atoms with Gasteiger partial charge in [-0.2, -0.15) is 4.98 Å². The van der Waals surface area contributed by atoms with Crippen molar-refractivity contribution >= 4 is 5.91 Å². The molecule has 0 unspecified atom stereocenters. The van der Waals surface area contributed by atoms with Gasteiger partial charge < -0.3 is 9.84 Å².